The molecule has 0 aliphatic rings. The predicted octanol–water partition coefficient (Wildman–Crippen LogP) is 3.60. The second kappa shape index (κ2) is 5.85. The maximum Gasteiger partial charge on any atom is 0.132 e. The fourth-order valence-corrected chi connectivity index (χ4v) is 2.13. The molecule has 0 aliphatic heterocycles. The first-order chi connectivity index (χ1) is 9.13. The summed E-state index contributed by atoms with van der Waals surface area (Å²) in [6.45, 7) is 6.81. The van der Waals surface area contributed by atoms with Crippen LogP contribution in [0.3, 0.4) is 0 Å². The molecular formula is C16H20N2O. The van der Waals surface area contributed by atoms with Crippen molar-refractivity contribution in [3.05, 3.63) is 53.7 Å². The van der Waals surface area contributed by atoms with Crippen LogP contribution < -0.4 is 4.90 Å². The number of nitrogens with zero attached hydrogens (tertiary/aromatic N) is 2. The SMILES string of the molecule is CCN(c1ccc([C@@H](C)O)cn1)c1ccccc1C. The molecule has 0 radical (unpaired) electrons. The molecule has 0 bridgehead atoms. The normalized spacial score (nSPS) is 12.2. The van der Waals surface area contributed by atoms with Gasteiger partial charge >= 0.3 is 0 Å². The Bertz CT molecular complexity index is 535. The van der Waals surface area contributed by atoms with Crippen LogP contribution in [-0.2, 0) is 0 Å². The number of pyridine rings is 1. The number of aliphatic hydroxyl groups excluding tert-OH is 1. The molecule has 100 valence electrons. The third-order valence-electron chi connectivity index (χ3n) is 3.25. The summed E-state index contributed by atoms with van der Waals surface area (Å²) in [4.78, 5) is 6.62. The number of aryl methyl sites for hydroxylation is 1. The van der Waals surface area contributed by atoms with Crippen molar-refractivity contribution < 1.29 is 5.11 Å². The molecule has 3 heteroatoms. The summed E-state index contributed by atoms with van der Waals surface area (Å²) in [6.07, 6.45) is 1.26. The van der Waals surface area contributed by atoms with Crippen LogP contribution in [0.15, 0.2) is 42.6 Å². The zero-order valence-corrected chi connectivity index (χ0v) is 11.7. The highest BCUT2D eigenvalue weighted by molar-refractivity contribution is 5.63. The van der Waals surface area contributed by atoms with Gasteiger partial charge in [-0.1, -0.05) is 24.3 Å². The topological polar surface area (TPSA) is 36.4 Å². The molecule has 2 rings (SSSR count). The van der Waals surface area contributed by atoms with Crippen molar-refractivity contribution >= 4 is 11.5 Å². The molecule has 0 unspecified atom stereocenters. The number of anilines is 2. The monoisotopic (exact) mass is 256 g/mol. The van der Waals surface area contributed by atoms with Gasteiger partial charge in [-0.15, -0.1) is 0 Å². The summed E-state index contributed by atoms with van der Waals surface area (Å²) in [5, 5.41) is 9.52. The van der Waals surface area contributed by atoms with Crippen LogP contribution in [0.5, 0.6) is 0 Å². The molecular weight excluding hydrogens is 236 g/mol. The van der Waals surface area contributed by atoms with E-state index in [-0.39, 0.29) is 0 Å². The Morgan fingerprint density at radius 2 is 1.95 bits per heavy atom. The Labute approximate surface area is 114 Å². The number of hydrogen-bond acceptors (Lipinski definition) is 3. The van der Waals surface area contributed by atoms with Crippen molar-refractivity contribution in [2.45, 2.75) is 26.9 Å². The van der Waals surface area contributed by atoms with E-state index in [9.17, 15) is 5.11 Å². The summed E-state index contributed by atoms with van der Waals surface area (Å²) in [6, 6.07) is 12.2. The second-order valence-corrected chi connectivity index (χ2v) is 4.66. The zero-order valence-electron chi connectivity index (χ0n) is 11.7. The van der Waals surface area contributed by atoms with Crippen LogP contribution >= 0.6 is 0 Å². The number of aliphatic hydroxyl groups is 1. The zero-order chi connectivity index (χ0) is 13.8. The quantitative estimate of drug-likeness (QED) is 0.908. The van der Waals surface area contributed by atoms with E-state index in [1.165, 1.54) is 11.3 Å². The van der Waals surface area contributed by atoms with Gasteiger partial charge in [0.05, 0.1) is 6.10 Å². The first kappa shape index (κ1) is 13.6. The largest absolute Gasteiger partial charge is 0.389 e. The lowest BCUT2D eigenvalue weighted by atomic mass is 10.1. The molecule has 1 atom stereocenters. The average Bonchev–Trinajstić information content (AvgIpc) is 2.42. The van der Waals surface area contributed by atoms with Gasteiger partial charge in [0.25, 0.3) is 0 Å². The lowest BCUT2D eigenvalue weighted by Crippen LogP contribution is -2.18. The Balaban J connectivity index is 2.35. The van der Waals surface area contributed by atoms with E-state index in [1.54, 1.807) is 13.1 Å². The minimum Gasteiger partial charge on any atom is -0.389 e. The second-order valence-electron chi connectivity index (χ2n) is 4.66. The van der Waals surface area contributed by atoms with Gasteiger partial charge in [-0.3, -0.25) is 0 Å². The molecule has 0 amide bonds. The van der Waals surface area contributed by atoms with Crippen molar-refractivity contribution in [1.82, 2.24) is 4.98 Å². The highest BCUT2D eigenvalue weighted by Crippen LogP contribution is 2.27. The fraction of sp³-hybridized carbons (Fsp3) is 0.312. The number of aromatic nitrogens is 1. The van der Waals surface area contributed by atoms with Crippen molar-refractivity contribution in [3.8, 4) is 0 Å². The van der Waals surface area contributed by atoms with Gasteiger partial charge in [0.15, 0.2) is 0 Å². The van der Waals surface area contributed by atoms with Crippen LogP contribution in [0.4, 0.5) is 11.5 Å². The summed E-state index contributed by atoms with van der Waals surface area (Å²) in [5.74, 6) is 0.904. The minimum absolute atomic E-state index is 0.477. The van der Waals surface area contributed by atoms with Crippen LogP contribution in [0, 0.1) is 6.92 Å². The van der Waals surface area contributed by atoms with Crippen LogP contribution in [0.2, 0.25) is 0 Å². The van der Waals surface area contributed by atoms with Gasteiger partial charge in [-0.2, -0.15) is 0 Å². The summed E-state index contributed by atoms with van der Waals surface area (Å²) >= 11 is 0. The lowest BCUT2D eigenvalue weighted by molar-refractivity contribution is 0.199. The number of rotatable bonds is 4. The first-order valence-electron chi connectivity index (χ1n) is 6.60. The lowest BCUT2D eigenvalue weighted by Gasteiger charge is -2.24. The van der Waals surface area contributed by atoms with Crippen molar-refractivity contribution in [1.29, 1.82) is 0 Å². The Hall–Kier alpha value is -1.87. The molecule has 1 N–H and O–H groups in total. The molecule has 0 aliphatic carbocycles. The van der Waals surface area contributed by atoms with Gasteiger partial charge in [0.2, 0.25) is 0 Å². The highest BCUT2D eigenvalue weighted by Gasteiger charge is 2.11. The van der Waals surface area contributed by atoms with Gasteiger partial charge in [0, 0.05) is 18.4 Å². The van der Waals surface area contributed by atoms with Crippen molar-refractivity contribution in [2.75, 3.05) is 11.4 Å². The Morgan fingerprint density at radius 3 is 2.47 bits per heavy atom. The smallest absolute Gasteiger partial charge is 0.132 e. The third-order valence-corrected chi connectivity index (χ3v) is 3.25. The summed E-state index contributed by atoms with van der Waals surface area (Å²) in [7, 11) is 0. The standard InChI is InChI=1S/C16H20N2O/c1-4-18(15-8-6-5-7-12(15)2)16-10-9-14(11-17-16)13(3)19/h5-11,13,19H,4H2,1-3H3/t13-/m1/s1. The van der Waals surface area contributed by atoms with E-state index in [1.807, 2.05) is 24.3 Å². The van der Waals surface area contributed by atoms with Crippen LogP contribution in [-0.4, -0.2) is 16.6 Å². The van der Waals surface area contributed by atoms with Gasteiger partial charge in [0.1, 0.15) is 5.82 Å². The van der Waals surface area contributed by atoms with Gasteiger partial charge < -0.3 is 10.0 Å². The minimum atomic E-state index is -0.477. The molecule has 1 heterocycles. The highest BCUT2D eigenvalue weighted by atomic mass is 16.3. The molecule has 0 fully saturated rings. The summed E-state index contributed by atoms with van der Waals surface area (Å²) in [5.41, 5.74) is 3.23. The first-order valence-corrected chi connectivity index (χ1v) is 6.60. The molecule has 0 saturated heterocycles. The molecule has 0 spiro atoms. The number of benzene rings is 1. The van der Waals surface area contributed by atoms with E-state index in [4.69, 9.17) is 0 Å². The number of hydrogen-bond donors (Lipinski definition) is 1. The van der Waals surface area contributed by atoms with Gasteiger partial charge in [-0.25, -0.2) is 4.98 Å². The van der Waals surface area contributed by atoms with E-state index in [2.05, 4.69) is 35.9 Å². The van der Waals surface area contributed by atoms with Crippen LogP contribution in [0.25, 0.3) is 0 Å². The molecule has 3 nitrogen and oxygen atoms in total. The van der Waals surface area contributed by atoms with Crippen molar-refractivity contribution in [2.24, 2.45) is 0 Å². The maximum absolute atomic E-state index is 9.52. The van der Waals surface area contributed by atoms with Crippen molar-refractivity contribution in [3.63, 3.8) is 0 Å². The predicted molar refractivity (Wildman–Crippen MR) is 78.7 cm³/mol. The molecule has 2 aromatic rings. The van der Waals surface area contributed by atoms with Crippen LogP contribution in [0.1, 0.15) is 31.1 Å². The number of para-hydroxylation sites is 1. The molecule has 0 saturated carbocycles. The molecule has 1 aromatic carbocycles. The van der Waals surface area contributed by atoms with E-state index in [0.29, 0.717) is 0 Å². The molecule has 19 heavy (non-hydrogen) atoms. The van der Waals surface area contributed by atoms with E-state index in [0.717, 1.165) is 17.9 Å². The molecule has 1 aromatic heterocycles. The van der Waals surface area contributed by atoms with E-state index >= 15 is 0 Å². The Kier molecular flexibility index (Phi) is 4.17. The maximum atomic E-state index is 9.52. The summed E-state index contributed by atoms with van der Waals surface area (Å²) < 4.78 is 0. The Morgan fingerprint density at radius 1 is 1.21 bits per heavy atom. The third kappa shape index (κ3) is 2.93. The fourth-order valence-electron chi connectivity index (χ4n) is 2.13. The van der Waals surface area contributed by atoms with Gasteiger partial charge in [-0.05, 0) is 44.0 Å². The van der Waals surface area contributed by atoms with E-state index < -0.39 is 6.10 Å². The average molecular weight is 256 g/mol.